The summed E-state index contributed by atoms with van der Waals surface area (Å²) in [6.07, 6.45) is -1.35. The van der Waals surface area contributed by atoms with Crippen molar-refractivity contribution in [1.29, 1.82) is 0 Å². The van der Waals surface area contributed by atoms with E-state index in [1.54, 1.807) is 0 Å². The van der Waals surface area contributed by atoms with Crippen LogP contribution in [-0.4, -0.2) is 70.7 Å². The van der Waals surface area contributed by atoms with Crippen LogP contribution < -0.4 is 5.32 Å². The molecule has 0 aliphatic carbocycles. The number of carbonyl (C=O) groups is 2. The van der Waals surface area contributed by atoms with E-state index in [4.69, 9.17) is 23.4 Å². The number of esters is 1. The number of hydrogen-bond donors (Lipinski definition) is 1. The molecule has 0 aromatic heterocycles. The van der Waals surface area contributed by atoms with Gasteiger partial charge in [-0.3, -0.25) is 0 Å². The summed E-state index contributed by atoms with van der Waals surface area (Å²) >= 11 is 0. The van der Waals surface area contributed by atoms with Crippen molar-refractivity contribution >= 4 is 20.4 Å². The number of methoxy groups -OCH3 is 1. The summed E-state index contributed by atoms with van der Waals surface area (Å²) in [6, 6.07) is -0.333. The van der Waals surface area contributed by atoms with Gasteiger partial charge in [0.2, 0.25) is 0 Å². The number of ether oxygens (including phenoxy) is 4. The van der Waals surface area contributed by atoms with E-state index in [1.165, 1.54) is 7.11 Å². The van der Waals surface area contributed by atoms with E-state index >= 15 is 0 Å². The molecule has 3 rings (SSSR count). The first kappa shape index (κ1) is 19.6. The van der Waals surface area contributed by atoms with E-state index in [-0.39, 0.29) is 30.4 Å². The van der Waals surface area contributed by atoms with Crippen LogP contribution in [0.4, 0.5) is 4.79 Å². The van der Waals surface area contributed by atoms with Gasteiger partial charge in [-0.25, -0.2) is 9.59 Å². The molecule has 8 nitrogen and oxygen atoms in total. The summed E-state index contributed by atoms with van der Waals surface area (Å²) in [4.78, 5) is 24.2. The van der Waals surface area contributed by atoms with Gasteiger partial charge < -0.3 is 28.7 Å². The molecule has 0 unspecified atom stereocenters. The molecular weight excluding hydrogens is 358 g/mol. The van der Waals surface area contributed by atoms with E-state index in [0.717, 1.165) is 0 Å². The van der Waals surface area contributed by atoms with Crippen molar-refractivity contribution in [1.82, 2.24) is 5.32 Å². The van der Waals surface area contributed by atoms with E-state index in [0.29, 0.717) is 6.42 Å². The third-order valence-electron chi connectivity index (χ3n) is 6.06. The van der Waals surface area contributed by atoms with Crippen LogP contribution in [0.2, 0.25) is 18.1 Å². The maximum Gasteiger partial charge on any atom is 0.408 e. The fourth-order valence-electron chi connectivity index (χ4n) is 3.39. The van der Waals surface area contributed by atoms with E-state index in [9.17, 15) is 9.59 Å². The van der Waals surface area contributed by atoms with Gasteiger partial charge in [-0.15, -0.1) is 0 Å². The largest absolute Gasteiger partial charge is 0.467 e. The zero-order valence-corrected chi connectivity index (χ0v) is 17.3. The van der Waals surface area contributed by atoms with Crippen LogP contribution >= 0.6 is 0 Å². The van der Waals surface area contributed by atoms with Gasteiger partial charge in [0.25, 0.3) is 0 Å². The monoisotopic (exact) mass is 387 g/mol. The van der Waals surface area contributed by atoms with Gasteiger partial charge >= 0.3 is 12.1 Å². The lowest BCUT2D eigenvalue weighted by atomic mass is 9.94. The Hall–Kier alpha value is -1.16. The Bertz CT molecular complexity index is 590. The molecule has 0 radical (unpaired) electrons. The van der Waals surface area contributed by atoms with Gasteiger partial charge in [-0.1, -0.05) is 20.8 Å². The van der Waals surface area contributed by atoms with Crippen LogP contribution in [0.5, 0.6) is 0 Å². The molecule has 5 atom stereocenters. The minimum absolute atomic E-state index is 0.00450. The first-order chi connectivity index (χ1) is 12.0. The van der Waals surface area contributed by atoms with Crippen LogP contribution in [0.1, 0.15) is 27.2 Å². The number of fused-ring (bicyclic) bond motifs is 3. The zero-order chi connectivity index (χ0) is 19.3. The van der Waals surface area contributed by atoms with Gasteiger partial charge in [0, 0.05) is 6.42 Å². The molecule has 0 aromatic rings. The molecule has 3 heterocycles. The summed E-state index contributed by atoms with van der Waals surface area (Å²) in [6.45, 7) is 11.1. The first-order valence-corrected chi connectivity index (χ1v) is 11.9. The lowest BCUT2D eigenvalue weighted by Gasteiger charge is -2.39. The molecular formula is C17H29NO7Si. The molecule has 0 aromatic carbocycles. The fraction of sp³-hybridized carbons (Fsp3) is 0.882. The van der Waals surface area contributed by atoms with Gasteiger partial charge in [0.1, 0.15) is 18.2 Å². The van der Waals surface area contributed by atoms with Gasteiger partial charge in [0.05, 0.1) is 26.4 Å². The number of alkyl carbamates (subject to hydrolysis) is 1. The van der Waals surface area contributed by atoms with Crippen LogP contribution in [0.3, 0.4) is 0 Å². The number of amides is 1. The highest BCUT2D eigenvalue weighted by molar-refractivity contribution is 6.74. The molecule has 3 fully saturated rings. The summed E-state index contributed by atoms with van der Waals surface area (Å²) in [7, 11) is -0.748. The van der Waals surface area contributed by atoms with Gasteiger partial charge in [0.15, 0.2) is 13.9 Å². The molecule has 0 saturated carbocycles. The number of carbonyl (C=O) groups excluding carboxylic acids is 2. The second-order valence-corrected chi connectivity index (χ2v) is 13.6. The SMILES string of the molecule is COC(=O)[C@@]1(CO[Si](C)(C)C(C)(C)C)C[C@H]2OC[C@H]3OC(=O)N[C@H]3[C@H]2O1. The maximum absolute atomic E-state index is 12.6. The van der Waals surface area contributed by atoms with Crippen LogP contribution in [0.25, 0.3) is 0 Å². The second-order valence-electron chi connectivity index (χ2n) is 8.81. The Kier molecular flexibility index (Phi) is 4.88. The van der Waals surface area contributed by atoms with Crippen LogP contribution in [-0.2, 0) is 28.2 Å². The highest BCUT2D eigenvalue weighted by Gasteiger charge is 2.61. The Morgan fingerprint density at radius 3 is 2.65 bits per heavy atom. The van der Waals surface area contributed by atoms with Crippen LogP contribution in [0.15, 0.2) is 0 Å². The molecule has 1 amide bonds. The highest BCUT2D eigenvalue weighted by Crippen LogP contribution is 2.42. The Morgan fingerprint density at radius 1 is 1.35 bits per heavy atom. The molecule has 9 heteroatoms. The molecule has 0 bridgehead atoms. The third-order valence-corrected chi connectivity index (χ3v) is 10.5. The van der Waals surface area contributed by atoms with Crippen molar-refractivity contribution in [3.63, 3.8) is 0 Å². The molecule has 1 N–H and O–H groups in total. The summed E-state index contributed by atoms with van der Waals surface area (Å²) < 4.78 is 28.5. The van der Waals surface area contributed by atoms with Crippen molar-refractivity contribution in [3.05, 3.63) is 0 Å². The first-order valence-electron chi connectivity index (χ1n) is 8.98. The molecule has 3 aliphatic heterocycles. The standard InChI is InChI=1S/C17H29NO7Si/c1-16(2,3)26(5,6)23-9-17(14(19)21-4)7-10-13(25-17)12-11(8-22-10)24-15(20)18-12/h10-13H,7-9H2,1-6H3,(H,18,20)/t10-,11-,12-,13+,17+/m1/s1. The predicted octanol–water partition coefficient (Wildman–Crippen LogP) is 1.58. The topological polar surface area (TPSA) is 92.3 Å². The van der Waals surface area contributed by atoms with Crippen molar-refractivity contribution < 1.29 is 33.0 Å². The minimum atomic E-state index is -2.09. The summed E-state index contributed by atoms with van der Waals surface area (Å²) in [5.74, 6) is -0.476. The van der Waals surface area contributed by atoms with Crippen molar-refractivity contribution in [2.45, 2.75) is 75.3 Å². The minimum Gasteiger partial charge on any atom is -0.467 e. The van der Waals surface area contributed by atoms with E-state index in [2.05, 4.69) is 39.2 Å². The van der Waals surface area contributed by atoms with Crippen LogP contribution in [0, 0.1) is 0 Å². The number of nitrogens with one attached hydrogen (secondary N) is 1. The number of hydrogen-bond acceptors (Lipinski definition) is 7. The lowest BCUT2D eigenvalue weighted by molar-refractivity contribution is -0.177. The van der Waals surface area contributed by atoms with E-state index in [1.807, 2.05) is 0 Å². The molecule has 148 valence electrons. The normalized spacial score (nSPS) is 36.8. The van der Waals surface area contributed by atoms with Crippen molar-refractivity contribution in [3.8, 4) is 0 Å². The maximum atomic E-state index is 12.6. The molecule has 0 spiro atoms. The quantitative estimate of drug-likeness (QED) is 0.578. The predicted molar refractivity (Wildman–Crippen MR) is 94.3 cm³/mol. The zero-order valence-electron chi connectivity index (χ0n) is 16.3. The smallest absolute Gasteiger partial charge is 0.408 e. The van der Waals surface area contributed by atoms with E-state index < -0.39 is 38.2 Å². The summed E-state index contributed by atoms with van der Waals surface area (Å²) in [5, 5.41) is 2.77. The Morgan fingerprint density at radius 2 is 2.04 bits per heavy atom. The number of rotatable bonds is 4. The van der Waals surface area contributed by atoms with Crippen molar-refractivity contribution in [2.75, 3.05) is 20.3 Å². The third kappa shape index (κ3) is 3.26. The molecule has 3 aliphatic rings. The second kappa shape index (κ2) is 6.47. The summed E-state index contributed by atoms with van der Waals surface area (Å²) in [5.41, 5.74) is -1.23. The van der Waals surface area contributed by atoms with Gasteiger partial charge in [-0.2, -0.15) is 0 Å². The average Bonchev–Trinajstić information content (AvgIpc) is 3.11. The average molecular weight is 388 g/mol. The van der Waals surface area contributed by atoms with Crippen molar-refractivity contribution in [2.24, 2.45) is 0 Å². The Balaban J connectivity index is 1.80. The Labute approximate surface area is 155 Å². The highest BCUT2D eigenvalue weighted by atomic mass is 28.4. The molecule has 3 saturated heterocycles. The lowest BCUT2D eigenvalue weighted by Crippen LogP contribution is -2.54. The molecule has 26 heavy (non-hydrogen) atoms. The fourth-order valence-corrected chi connectivity index (χ4v) is 4.42. The van der Waals surface area contributed by atoms with Gasteiger partial charge in [-0.05, 0) is 18.1 Å².